The first-order valence-electron chi connectivity index (χ1n) is 7.04. The van der Waals surface area contributed by atoms with Gasteiger partial charge in [0.05, 0.1) is 10.5 Å². The number of nitro groups is 1. The van der Waals surface area contributed by atoms with E-state index in [9.17, 15) is 19.7 Å². The van der Waals surface area contributed by atoms with Crippen molar-refractivity contribution < 1.29 is 9.72 Å². The highest BCUT2D eigenvalue weighted by Gasteiger charge is 2.32. The Bertz CT molecular complexity index is 1050. The lowest BCUT2D eigenvalue weighted by molar-refractivity contribution is -0.384. The lowest BCUT2D eigenvalue weighted by Crippen LogP contribution is -2.32. The number of nitrogens with one attached hydrogen (secondary N) is 2. The van der Waals surface area contributed by atoms with Crippen molar-refractivity contribution >= 4 is 23.2 Å². The van der Waals surface area contributed by atoms with Crippen molar-refractivity contribution in [3.8, 4) is 0 Å². The monoisotopic (exact) mass is 326 g/mol. The van der Waals surface area contributed by atoms with Crippen LogP contribution in [0.4, 0.5) is 11.5 Å². The summed E-state index contributed by atoms with van der Waals surface area (Å²) >= 11 is 0. The van der Waals surface area contributed by atoms with E-state index in [0.29, 0.717) is 11.1 Å². The Morgan fingerprint density at radius 2 is 2.17 bits per heavy atom. The summed E-state index contributed by atoms with van der Waals surface area (Å²) in [5.41, 5.74) is 0.304. The fourth-order valence-electron chi connectivity index (χ4n) is 2.93. The SMILES string of the molecule is O=C1C[C@@H](c2cccc([N+](=O)[O-])c2)c2c(n3ncnc3[nH]c2=O)N1. The minimum atomic E-state index is -0.606. The summed E-state index contributed by atoms with van der Waals surface area (Å²) in [4.78, 5) is 41.5. The molecule has 0 unspecified atom stereocenters. The third kappa shape index (κ3) is 2.04. The normalized spacial score (nSPS) is 16.7. The van der Waals surface area contributed by atoms with Crippen LogP contribution in [0.1, 0.15) is 23.5 Å². The third-order valence-electron chi connectivity index (χ3n) is 3.96. The number of aromatic amines is 1. The number of carbonyl (C=O) groups is 1. The van der Waals surface area contributed by atoms with Crippen molar-refractivity contribution in [2.45, 2.75) is 12.3 Å². The van der Waals surface area contributed by atoms with Crippen molar-refractivity contribution in [2.75, 3.05) is 5.32 Å². The Morgan fingerprint density at radius 3 is 2.96 bits per heavy atom. The number of aromatic nitrogens is 4. The Morgan fingerprint density at radius 1 is 1.33 bits per heavy atom. The van der Waals surface area contributed by atoms with E-state index in [-0.39, 0.29) is 29.6 Å². The molecule has 0 radical (unpaired) electrons. The summed E-state index contributed by atoms with van der Waals surface area (Å²) < 4.78 is 1.33. The molecule has 120 valence electrons. The molecule has 4 rings (SSSR count). The number of carbonyl (C=O) groups excluding carboxylic acids is 1. The van der Waals surface area contributed by atoms with E-state index in [1.165, 1.54) is 29.0 Å². The van der Waals surface area contributed by atoms with Gasteiger partial charge in [-0.2, -0.15) is 14.6 Å². The molecule has 10 heteroatoms. The van der Waals surface area contributed by atoms with Gasteiger partial charge in [0.1, 0.15) is 12.1 Å². The molecule has 0 bridgehead atoms. The Balaban J connectivity index is 1.96. The van der Waals surface area contributed by atoms with Gasteiger partial charge in [0.25, 0.3) is 11.2 Å². The maximum atomic E-state index is 12.5. The van der Waals surface area contributed by atoms with Gasteiger partial charge in [-0.1, -0.05) is 12.1 Å². The summed E-state index contributed by atoms with van der Waals surface area (Å²) in [7, 11) is 0. The second kappa shape index (κ2) is 4.98. The third-order valence-corrected chi connectivity index (χ3v) is 3.96. The van der Waals surface area contributed by atoms with E-state index < -0.39 is 16.4 Å². The number of hydrogen-bond acceptors (Lipinski definition) is 6. The average Bonchev–Trinajstić information content (AvgIpc) is 3.02. The van der Waals surface area contributed by atoms with Crippen LogP contribution in [0.25, 0.3) is 5.78 Å². The van der Waals surface area contributed by atoms with Gasteiger partial charge in [-0.05, 0) is 5.56 Å². The zero-order valence-electron chi connectivity index (χ0n) is 12.1. The Kier molecular flexibility index (Phi) is 2.92. The van der Waals surface area contributed by atoms with E-state index in [4.69, 9.17) is 0 Å². The quantitative estimate of drug-likeness (QED) is 0.528. The summed E-state index contributed by atoms with van der Waals surface area (Å²) in [5, 5.41) is 17.6. The molecule has 1 atom stereocenters. The number of nitro benzene ring substituents is 1. The predicted molar refractivity (Wildman–Crippen MR) is 81.8 cm³/mol. The molecule has 2 N–H and O–H groups in total. The molecular weight excluding hydrogens is 316 g/mol. The number of hydrogen-bond donors (Lipinski definition) is 2. The molecule has 3 aromatic rings. The number of benzene rings is 1. The minimum Gasteiger partial charge on any atom is -0.310 e. The number of rotatable bonds is 2. The van der Waals surface area contributed by atoms with Crippen molar-refractivity contribution in [3.05, 3.63) is 62.2 Å². The second-order valence-electron chi connectivity index (χ2n) is 5.37. The Hall–Kier alpha value is -3.56. The average molecular weight is 326 g/mol. The molecule has 3 heterocycles. The van der Waals surface area contributed by atoms with E-state index in [1.54, 1.807) is 6.07 Å². The van der Waals surface area contributed by atoms with E-state index >= 15 is 0 Å². The summed E-state index contributed by atoms with van der Waals surface area (Å²) in [6.07, 6.45) is 1.27. The Labute approximate surface area is 133 Å². The van der Waals surface area contributed by atoms with Gasteiger partial charge in [-0.25, -0.2) is 0 Å². The van der Waals surface area contributed by atoms with E-state index in [0.717, 1.165) is 0 Å². The standard InChI is InChI=1S/C14H10N6O4/c21-10-5-9(7-2-1-3-8(4-7)20(23)24)11-12(17-10)19-14(15-6-16-19)18-13(11)22/h1-4,6,9H,5H2,(H,17,21)(H,15,16,18,22)/t9-/m0/s1. The number of H-pyrrole nitrogens is 1. The molecule has 1 aliphatic rings. The topological polar surface area (TPSA) is 135 Å². The van der Waals surface area contributed by atoms with Crippen LogP contribution in [-0.4, -0.2) is 30.4 Å². The number of anilines is 1. The molecule has 0 spiro atoms. The van der Waals surface area contributed by atoms with Gasteiger partial charge in [0.2, 0.25) is 11.7 Å². The first-order chi connectivity index (χ1) is 11.5. The fourth-order valence-corrected chi connectivity index (χ4v) is 2.93. The van der Waals surface area contributed by atoms with Gasteiger partial charge < -0.3 is 5.32 Å². The zero-order valence-corrected chi connectivity index (χ0v) is 12.1. The zero-order chi connectivity index (χ0) is 16.8. The predicted octanol–water partition coefficient (Wildman–Crippen LogP) is 0.800. The molecule has 0 saturated carbocycles. The lowest BCUT2D eigenvalue weighted by Gasteiger charge is -2.24. The summed E-state index contributed by atoms with van der Waals surface area (Å²) in [5.74, 6) is -0.467. The number of fused-ring (bicyclic) bond motifs is 3. The number of non-ortho nitro benzene ring substituents is 1. The van der Waals surface area contributed by atoms with Gasteiger partial charge >= 0.3 is 0 Å². The van der Waals surface area contributed by atoms with Crippen LogP contribution in [0.2, 0.25) is 0 Å². The molecule has 24 heavy (non-hydrogen) atoms. The highest BCUT2D eigenvalue weighted by atomic mass is 16.6. The molecule has 0 aliphatic carbocycles. The summed E-state index contributed by atoms with van der Waals surface area (Å²) in [6.45, 7) is 0. The maximum absolute atomic E-state index is 12.5. The van der Waals surface area contributed by atoms with Crippen molar-refractivity contribution in [2.24, 2.45) is 0 Å². The molecule has 1 aliphatic heterocycles. The molecule has 1 amide bonds. The van der Waals surface area contributed by atoms with Crippen molar-refractivity contribution in [1.29, 1.82) is 0 Å². The largest absolute Gasteiger partial charge is 0.310 e. The minimum absolute atomic E-state index is 0.0114. The van der Waals surface area contributed by atoms with Crippen LogP contribution in [0, 0.1) is 10.1 Å². The van der Waals surface area contributed by atoms with Crippen LogP contribution < -0.4 is 10.9 Å². The second-order valence-corrected chi connectivity index (χ2v) is 5.37. The van der Waals surface area contributed by atoms with Gasteiger partial charge in [-0.3, -0.25) is 24.7 Å². The van der Waals surface area contributed by atoms with E-state index in [1.807, 2.05) is 0 Å². The highest BCUT2D eigenvalue weighted by Crippen LogP contribution is 2.35. The molecule has 1 aromatic carbocycles. The lowest BCUT2D eigenvalue weighted by atomic mass is 9.86. The first kappa shape index (κ1) is 14.1. The summed E-state index contributed by atoms with van der Waals surface area (Å²) in [6, 6.07) is 5.92. The van der Waals surface area contributed by atoms with Crippen LogP contribution in [0.5, 0.6) is 0 Å². The van der Waals surface area contributed by atoms with Gasteiger partial charge in [0, 0.05) is 24.5 Å². The fraction of sp³-hybridized carbons (Fsp3) is 0.143. The van der Waals surface area contributed by atoms with Crippen LogP contribution in [0.3, 0.4) is 0 Å². The van der Waals surface area contributed by atoms with E-state index in [2.05, 4.69) is 20.4 Å². The maximum Gasteiger partial charge on any atom is 0.269 e. The van der Waals surface area contributed by atoms with Crippen molar-refractivity contribution in [3.63, 3.8) is 0 Å². The van der Waals surface area contributed by atoms with Crippen molar-refractivity contribution in [1.82, 2.24) is 19.6 Å². The molecular formula is C14H10N6O4. The van der Waals surface area contributed by atoms with Crippen LogP contribution in [-0.2, 0) is 4.79 Å². The molecule has 0 saturated heterocycles. The van der Waals surface area contributed by atoms with Crippen LogP contribution in [0.15, 0.2) is 35.4 Å². The molecule has 0 fully saturated rings. The number of amides is 1. The van der Waals surface area contributed by atoms with Gasteiger partial charge in [0.15, 0.2) is 0 Å². The highest BCUT2D eigenvalue weighted by molar-refractivity contribution is 5.94. The molecule has 2 aromatic heterocycles. The number of nitrogens with zero attached hydrogens (tertiary/aromatic N) is 4. The first-order valence-corrected chi connectivity index (χ1v) is 7.04. The van der Waals surface area contributed by atoms with Gasteiger partial charge in [-0.15, -0.1) is 0 Å². The van der Waals surface area contributed by atoms with Crippen LogP contribution >= 0.6 is 0 Å². The smallest absolute Gasteiger partial charge is 0.269 e. The molecule has 10 nitrogen and oxygen atoms in total.